The molecule has 2 aromatic rings. The molecule has 10 nitrogen and oxygen atoms in total. The maximum Gasteiger partial charge on any atom is 0.293 e. The zero-order valence-corrected chi connectivity index (χ0v) is 15.8. The minimum absolute atomic E-state index is 0.0380. The van der Waals surface area contributed by atoms with E-state index in [-0.39, 0.29) is 23.5 Å². The van der Waals surface area contributed by atoms with Crippen molar-refractivity contribution in [2.24, 2.45) is 0 Å². The Morgan fingerprint density at radius 3 is 2.69 bits per heavy atom. The Kier molecular flexibility index (Phi) is 5.69. The summed E-state index contributed by atoms with van der Waals surface area (Å²) in [5.74, 6) is -1.33. The molecule has 1 atom stereocenters. The van der Waals surface area contributed by atoms with Crippen LogP contribution in [0.25, 0.3) is 0 Å². The monoisotopic (exact) mass is 417 g/mol. The highest BCUT2D eigenvalue weighted by molar-refractivity contribution is 8.15. The van der Waals surface area contributed by atoms with Crippen molar-refractivity contribution in [2.75, 3.05) is 17.3 Å². The van der Waals surface area contributed by atoms with Crippen LogP contribution in [0.1, 0.15) is 6.42 Å². The van der Waals surface area contributed by atoms with Gasteiger partial charge in [0.25, 0.3) is 10.9 Å². The second-order valence-corrected chi connectivity index (χ2v) is 7.08. The Morgan fingerprint density at radius 1 is 1.31 bits per heavy atom. The first-order chi connectivity index (χ1) is 13.8. The van der Waals surface area contributed by atoms with Gasteiger partial charge in [0.1, 0.15) is 16.7 Å². The minimum Gasteiger partial charge on any atom is -0.506 e. The van der Waals surface area contributed by atoms with E-state index >= 15 is 0 Å². The number of hydrogen-bond donors (Lipinski definition) is 2. The average Bonchev–Trinajstić information content (AvgIpc) is 2.96. The van der Waals surface area contributed by atoms with Crippen LogP contribution in [0.5, 0.6) is 11.5 Å². The molecule has 0 spiro atoms. The number of carbonyl (C=O) groups excluding carboxylic acids is 3. The number of phenols is 1. The Bertz CT molecular complexity index is 1010. The van der Waals surface area contributed by atoms with Gasteiger partial charge in [0.05, 0.1) is 29.5 Å². The molecule has 1 saturated heterocycles. The van der Waals surface area contributed by atoms with Gasteiger partial charge >= 0.3 is 0 Å². The second-order valence-electron chi connectivity index (χ2n) is 5.93. The van der Waals surface area contributed by atoms with E-state index < -0.39 is 33.0 Å². The van der Waals surface area contributed by atoms with Crippen molar-refractivity contribution in [1.82, 2.24) is 0 Å². The molecule has 150 valence electrons. The van der Waals surface area contributed by atoms with E-state index in [1.54, 1.807) is 24.3 Å². The zero-order valence-electron chi connectivity index (χ0n) is 15.0. The maximum absolute atomic E-state index is 12.7. The number of benzene rings is 2. The Labute approximate surface area is 168 Å². The summed E-state index contributed by atoms with van der Waals surface area (Å²) in [4.78, 5) is 48.3. The molecule has 29 heavy (non-hydrogen) atoms. The first kappa shape index (κ1) is 20.1. The van der Waals surface area contributed by atoms with Crippen molar-refractivity contribution in [3.63, 3.8) is 0 Å². The summed E-state index contributed by atoms with van der Waals surface area (Å²) < 4.78 is 5.18. The standard InChI is InChI=1S/C18H15N3O7S/c1-28-14-5-3-2-4-12(14)20-17(24)15(29-18(20)25)9-16(23)19-11-7-6-10(21(26)27)8-13(11)22/h2-8,15,22H,9H2,1H3,(H,19,23). The van der Waals surface area contributed by atoms with Crippen LogP contribution >= 0.6 is 11.8 Å². The number of carbonyl (C=O) groups is 3. The number of methoxy groups -OCH3 is 1. The molecule has 2 aromatic carbocycles. The number of ether oxygens (including phenoxy) is 1. The average molecular weight is 417 g/mol. The molecule has 1 aliphatic rings. The molecule has 3 rings (SSSR count). The number of nitrogens with one attached hydrogen (secondary N) is 1. The van der Waals surface area contributed by atoms with Gasteiger partial charge in [-0.2, -0.15) is 0 Å². The summed E-state index contributed by atoms with van der Waals surface area (Å²) in [5.41, 5.74) is -0.0857. The lowest BCUT2D eigenvalue weighted by Gasteiger charge is -2.17. The summed E-state index contributed by atoms with van der Waals surface area (Å²) in [7, 11) is 1.42. The zero-order chi connectivity index (χ0) is 21.1. The number of nitro benzene ring substituents is 1. The predicted octanol–water partition coefficient (Wildman–Crippen LogP) is 2.91. The lowest BCUT2D eigenvalue weighted by Crippen LogP contribution is -2.33. The van der Waals surface area contributed by atoms with E-state index in [0.29, 0.717) is 17.5 Å². The number of aromatic hydroxyl groups is 1. The number of nitrogens with zero attached hydrogens (tertiary/aromatic N) is 2. The number of amides is 3. The molecule has 0 radical (unpaired) electrons. The highest BCUT2D eigenvalue weighted by Crippen LogP contribution is 2.38. The maximum atomic E-state index is 12.7. The van der Waals surface area contributed by atoms with Gasteiger partial charge in [-0.05, 0) is 30.0 Å². The quantitative estimate of drug-likeness (QED) is 0.415. The first-order valence-electron chi connectivity index (χ1n) is 8.26. The summed E-state index contributed by atoms with van der Waals surface area (Å²) in [5, 5.41) is 21.4. The van der Waals surface area contributed by atoms with E-state index in [9.17, 15) is 29.6 Å². The van der Waals surface area contributed by atoms with Crippen LogP contribution < -0.4 is 15.0 Å². The van der Waals surface area contributed by atoms with Gasteiger partial charge in [0, 0.05) is 12.5 Å². The normalized spacial score (nSPS) is 16.0. The van der Waals surface area contributed by atoms with Crippen molar-refractivity contribution >= 4 is 45.9 Å². The third-order valence-corrected chi connectivity index (χ3v) is 5.12. The van der Waals surface area contributed by atoms with Crippen LogP contribution in [0.4, 0.5) is 21.9 Å². The van der Waals surface area contributed by atoms with Gasteiger partial charge in [0.15, 0.2) is 0 Å². The molecule has 0 aliphatic carbocycles. The third-order valence-electron chi connectivity index (χ3n) is 4.08. The van der Waals surface area contributed by atoms with Gasteiger partial charge in [-0.3, -0.25) is 24.5 Å². The number of anilines is 2. The summed E-state index contributed by atoms with van der Waals surface area (Å²) in [6.07, 6.45) is -0.322. The molecule has 1 unspecified atom stereocenters. The van der Waals surface area contributed by atoms with Gasteiger partial charge < -0.3 is 15.2 Å². The van der Waals surface area contributed by atoms with Gasteiger partial charge in [0.2, 0.25) is 11.8 Å². The molecule has 0 saturated carbocycles. The molecular weight excluding hydrogens is 402 g/mol. The van der Waals surface area contributed by atoms with Crippen LogP contribution in [0.2, 0.25) is 0 Å². The number of imide groups is 1. The molecular formula is C18H15N3O7S. The topological polar surface area (TPSA) is 139 Å². The second kappa shape index (κ2) is 8.19. The largest absolute Gasteiger partial charge is 0.506 e. The fourth-order valence-electron chi connectivity index (χ4n) is 2.73. The molecule has 0 bridgehead atoms. The van der Waals surface area contributed by atoms with Crippen molar-refractivity contribution in [2.45, 2.75) is 11.7 Å². The summed E-state index contributed by atoms with van der Waals surface area (Å²) >= 11 is 0.714. The van der Waals surface area contributed by atoms with Gasteiger partial charge in [-0.15, -0.1) is 0 Å². The van der Waals surface area contributed by atoms with E-state index in [0.717, 1.165) is 17.0 Å². The third kappa shape index (κ3) is 4.14. The number of thioether (sulfide) groups is 1. The predicted molar refractivity (Wildman–Crippen MR) is 105 cm³/mol. The van der Waals surface area contributed by atoms with E-state index in [4.69, 9.17) is 4.74 Å². The van der Waals surface area contributed by atoms with Crippen LogP contribution in [-0.2, 0) is 9.59 Å². The number of non-ortho nitro benzene ring substituents is 1. The van der Waals surface area contributed by atoms with Crippen LogP contribution in [0.15, 0.2) is 42.5 Å². The molecule has 1 fully saturated rings. The van der Waals surface area contributed by atoms with Crippen molar-refractivity contribution in [1.29, 1.82) is 0 Å². The fraction of sp³-hybridized carbons (Fsp3) is 0.167. The number of rotatable bonds is 6. The molecule has 1 aliphatic heterocycles. The molecule has 1 heterocycles. The van der Waals surface area contributed by atoms with Crippen molar-refractivity contribution in [3.8, 4) is 11.5 Å². The van der Waals surface area contributed by atoms with Crippen LogP contribution in [-0.4, -0.2) is 39.4 Å². The summed E-state index contributed by atoms with van der Waals surface area (Å²) in [6, 6.07) is 9.73. The SMILES string of the molecule is COc1ccccc1N1C(=O)SC(CC(=O)Nc2ccc([N+](=O)[O-])cc2O)C1=O. The molecule has 0 aromatic heterocycles. The number of hydrogen-bond acceptors (Lipinski definition) is 8. The number of para-hydroxylation sites is 2. The molecule has 2 N–H and O–H groups in total. The smallest absolute Gasteiger partial charge is 0.293 e. The minimum atomic E-state index is -0.951. The van der Waals surface area contributed by atoms with Gasteiger partial charge in [-0.25, -0.2) is 4.90 Å². The van der Waals surface area contributed by atoms with Gasteiger partial charge in [-0.1, -0.05) is 12.1 Å². The Balaban J connectivity index is 1.71. The van der Waals surface area contributed by atoms with E-state index in [1.165, 1.54) is 13.2 Å². The first-order valence-corrected chi connectivity index (χ1v) is 9.14. The lowest BCUT2D eigenvalue weighted by atomic mass is 10.2. The number of phenolic OH excluding ortho intramolecular Hbond substituents is 1. The highest BCUT2D eigenvalue weighted by Gasteiger charge is 2.42. The number of nitro groups is 1. The van der Waals surface area contributed by atoms with Crippen molar-refractivity contribution in [3.05, 3.63) is 52.6 Å². The van der Waals surface area contributed by atoms with E-state index in [2.05, 4.69) is 5.32 Å². The highest BCUT2D eigenvalue weighted by atomic mass is 32.2. The molecule has 11 heteroatoms. The fourth-order valence-corrected chi connectivity index (χ4v) is 3.71. The summed E-state index contributed by atoms with van der Waals surface area (Å²) in [6.45, 7) is 0. The van der Waals surface area contributed by atoms with Crippen molar-refractivity contribution < 1.29 is 29.2 Å². The van der Waals surface area contributed by atoms with Crippen LogP contribution in [0, 0.1) is 10.1 Å². The molecule has 3 amide bonds. The van der Waals surface area contributed by atoms with Crippen LogP contribution in [0.3, 0.4) is 0 Å². The lowest BCUT2D eigenvalue weighted by molar-refractivity contribution is -0.384. The Morgan fingerprint density at radius 2 is 2.03 bits per heavy atom. The van der Waals surface area contributed by atoms with E-state index in [1.807, 2.05) is 0 Å². The Hall–Kier alpha value is -3.60.